The zero-order valence-corrected chi connectivity index (χ0v) is 12.3. The monoisotopic (exact) mass is 275 g/mol. The molecule has 3 fully saturated rings. The van der Waals surface area contributed by atoms with Gasteiger partial charge in [0.1, 0.15) is 8.37 Å². The summed E-state index contributed by atoms with van der Waals surface area (Å²) in [6, 6.07) is 11.9. The van der Waals surface area contributed by atoms with Gasteiger partial charge in [0.15, 0.2) is 0 Å². The van der Waals surface area contributed by atoms with E-state index in [0.29, 0.717) is 0 Å². The van der Waals surface area contributed by atoms with E-state index in [-0.39, 0.29) is 8.37 Å². The molecule has 102 valence electrons. The van der Waals surface area contributed by atoms with Gasteiger partial charge in [-0.3, -0.25) is 4.67 Å². The van der Waals surface area contributed by atoms with Crippen molar-refractivity contribution >= 4 is 14.1 Å². The van der Waals surface area contributed by atoms with Crippen LogP contribution in [0.2, 0.25) is 0 Å². The molecule has 0 radical (unpaired) electrons. The number of anilines is 1. The maximum Gasteiger partial charge on any atom is 0.149 e. The summed E-state index contributed by atoms with van der Waals surface area (Å²) >= 11 is 0. The predicted molar refractivity (Wildman–Crippen MR) is 81.2 cm³/mol. The van der Waals surface area contributed by atoms with E-state index >= 15 is 0 Å². The van der Waals surface area contributed by atoms with Crippen molar-refractivity contribution in [2.24, 2.45) is 0 Å². The molecule has 4 rings (SSSR count). The second-order valence-corrected chi connectivity index (χ2v) is 7.90. The Labute approximate surface area is 117 Å². The molecule has 3 aliphatic heterocycles. The van der Waals surface area contributed by atoms with E-state index in [0.717, 1.165) is 6.04 Å². The van der Waals surface area contributed by atoms with Crippen LogP contribution in [-0.4, -0.2) is 41.6 Å². The predicted octanol–water partition coefficient (Wildman–Crippen LogP) is 3.29. The Morgan fingerprint density at radius 3 is 2.53 bits per heavy atom. The quantitative estimate of drug-likeness (QED) is 0.767. The van der Waals surface area contributed by atoms with E-state index in [1.807, 2.05) is 0 Å². The van der Waals surface area contributed by atoms with E-state index < -0.39 is 0 Å². The van der Waals surface area contributed by atoms with Crippen LogP contribution in [0.3, 0.4) is 0 Å². The van der Waals surface area contributed by atoms with Crippen LogP contribution in [-0.2, 0) is 0 Å². The third-order valence-corrected chi connectivity index (χ3v) is 7.28. The van der Waals surface area contributed by atoms with E-state index in [4.69, 9.17) is 0 Å². The topological polar surface area (TPSA) is 9.72 Å². The van der Waals surface area contributed by atoms with Gasteiger partial charge in [0.25, 0.3) is 0 Å². The van der Waals surface area contributed by atoms with Crippen molar-refractivity contribution in [3.05, 3.63) is 30.3 Å². The standard InChI is InChI=1S/C15H22N3P/c1-2-7-14(8-3-1)18-13-15-9-6-12-17(15)19(18)16-10-4-5-11-16/h1-3,7-8,15H,4-6,9-13H2/t15-,19?/m0/s1. The fraction of sp³-hybridized carbons (Fsp3) is 0.600. The van der Waals surface area contributed by atoms with Gasteiger partial charge in [-0.15, -0.1) is 0 Å². The highest BCUT2D eigenvalue weighted by Crippen LogP contribution is 2.59. The van der Waals surface area contributed by atoms with Crippen LogP contribution in [0, 0.1) is 0 Å². The molecular weight excluding hydrogens is 253 g/mol. The Hall–Kier alpha value is -0.630. The number of para-hydroxylation sites is 1. The molecule has 0 spiro atoms. The number of rotatable bonds is 2. The SMILES string of the molecule is c1ccc(N2C[C@@H]3CCCN3P2N2CCCC2)cc1. The zero-order valence-electron chi connectivity index (χ0n) is 11.4. The van der Waals surface area contributed by atoms with Crippen LogP contribution in [0.4, 0.5) is 5.69 Å². The summed E-state index contributed by atoms with van der Waals surface area (Å²) in [7, 11) is -0.226. The molecule has 0 N–H and O–H groups in total. The van der Waals surface area contributed by atoms with Gasteiger partial charge in [0.2, 0.25) is 0 Å². The van der Waals surface area contributed by atoms with Crippen molar-refractivity contribution in [1.29, 1.82) is 0 Å². The number of nitrogens with zero attached hydrogens (tertiary/aromatic N) is 3. The first kappa shape index (κ1) is 12.1. The highest BCUT2D eigenvalue weighted by atomic mass is 31.2. The second-order valence-electron chi connectivity index (χ2n) is 5.81. The van der Waals surface area contributed by atoms with Crippen LogP contribution >= 0.6 is 8.37 Å². The van der Waals surface area contributed by atoms with Gasteiger partial charge in [-0.1, -0.05) is 18.2 Å². The molecule has 1 aromatic rings. The summed E-state index contributed by atoms with van der Waals surface area (Å²) in [6.07, 6.45) is 5.58. The summed E-state index contributed by atoms with van der Waals surface area (Å²) in [6.45, 7) is 5.17. The molecule has 0 aliphatic carbocycles. The second kappa shape index (κ2) is 5.05. The minimum atomic E-state index is -0.226. The Kier molecular flexibility index (Phi) is 3.22. The maximum atomic E-state index is 2.81. The van der Waals surface area contributed by atoms with Crippen LogP contribution in [0.1, 0.15) is 25.7 Å². The molecule has 3 aliphatic rings. The lowest BCUT2D eigenvalue weighted by molar-refractivity contribution is 0.432. The molecule has 4 heteroatoms. The van der Waals surface area contributed by atoms with Gasteiger partial charge in [0.05, 0.1) is 0 Å². The average molecular weight is 275 g/mol. The fourth-order valence-electron chi connectivity index (χ4n) is 3.66. The fourth-order valence-corrected chi connectivity index (χ4v) is 6.68. The molecule has 2 atom stereocenters. The highest BCUT2D eigenvalue weighted by Gasteiger charge is 2.45. The molecule has 3 heterocycles. The molecule has 0 aromatic heterocycles. The van der Waals surface area contributed by atoms with Gasteiger partial charge >= 0.3 is 0 Å². The largest absolute Gasteiger partial charge is 0.324 e. The summed E-state index contributed by atoms with van der Waals surface area (Å²) in [5.41, 5.74) is 1.43. The van der Waals surface area contributed by atoms with E-state index in [1.165, 1.54) is 57.5 Å². The number of hydrogen-bond acceptors (Lipinski definition) is 3. The molecule has 3 saturated heterocycles. The Bertz CT molecular complexity index is 432. The van der Waals surface area contributed by atoms with E-state index in [9.17, 15) is 0 Å². The van der Waals surface area contributed by atoms with Crippen molar-refractivity contribution in [3.63, 3.8) is 0 Å². The third-order valence-electron chi connectivity index (χ3n) is 4.57. The van der Waals surface area contributed by atoms with Crippen molar-refractivity contribution in [2.75, 3.05) is 30.8 Å². The Morgan fingerprint density at radius 2 is 1.74 bits per heavy atom. The lowest BCUT2D eigenvalue weighted by Crippen LogP contribution is -2.28. The molecule has 3 nitrogen and oxygen atoms in total. The van der Waals surface area contributed by atoms with E-state index in [2.05, 4.69) is 44.3 Å². The lowest BCUT2D eigenvalue weighted by atomic mass is 10.2. The molecular formula is C15H22N3P. The number of fused-ring (bicyclic) bond motifs is 1. The lowest BCUT2D eigenvalue weighted by Gasteiger charge is -2.36. The summed E-state index contributed by atoms with van der Waals surface area (Å²) in [4.78, 5) is 0. The Morgan fingerprint density at radius 1 is 0.947 bits per heavy atom. The van der Waals surface area contributed by atoms with Gasteiger partial charge in [-0.2, -0.15) is 0 Å². The van der Waals surface area contributed by atoms with Crippen LogP contribution in [0.25, 0.3) is 0 Å². The van der Waals surface area contributed by atoms with Gasteiger partial charge < -0.3 is 4.67 Å². The van der Waals surface area contributed by atoms with Crippen LogP contribution < -0.4 is 4.67 Å². The molecule has 0 saturated carbocycles. The van der Waals surface area contributed by atoms with Crippen LogP contribution in [0.5, 0.6) is 0 Å². The smallest absolute Gasteiger partial charge is 0.149 e. The van der Waals surface area contributed by atoms with Crippen molar-refractivity contribution in [3.8, 4) is 0 Å². The first-order valence-corrected chi connectivity index (χ1v) is 8.77. The molecule has 1 aromatic carbocycles. The molecule has 0 bridgehead atoms. The number of hydrogen-bond donors (Lipinski definition) is 0. The van der Waals surface area contributed by atoms with Crippen molar-refractivity contribution in [2.45, 2.75) is 31.7 Å². The van der Waals surface area contributed by atoms with Crippen molar-refractivity contribution < 1.29 is 0 Å². The van der Waals surface area contributed by atoms with Gasteiger partial charge in [-0.25, -0.2) is 4.67 Å². The summed E-state index contributed by atoms with van der Waals surface area (Å²) < 4.78 is 8.27. The molecule has 1 unspecified atom stereocenters. The zero-order chi connectivity index (χ0) is 12.7. The third kappa shape index (κ3) is 2.08. The Balaban J connectivity index is 1.65. The molecule has 0 amide bonds. The first-order chi connectivity index (χ1) is 9.43. The summed E-state index contributed by atoms with van der Waals surface area (Å²) in [5, 5.41) is 0. The normalized spacial score (nSPS) is 32.1. The first-order valence-electron chi connectivity index (χ1n) is 7.57. The van der Waals surface area contributed by atoms with Crippen LogP contribution in [0.15, 0.2) is 30.3 Å². The highest BCUT2D eigenvalue weighted by molar-refractivity contribution is 7.54. The van der Waals surface area contributed by atoms with Gasteiger partial charge in [0, 0.05) is 37.9 Å². The van der Waals surface area contributed by atoms with Gasteiger partial charge in [-0.05, 0) is 37.8 Å². The summed E-state index contributed by atoms with van der Waals surface area (Å²) in [5.74, 6) is 0. The number of benzene rings is 1. The molecule has 19 heavy (non-hydrogen) atoms. The van der Waals surface area contributed by atoms with E-state index in [1.54, 1.807) is 0 Å². The minimum Gasteiger partial charge on any atom is -0.324 e. The average Bonchev–Trinajstić information content (AvgIpc) is 3.15. The maximum absolute atomic E-state index is 2.81. The van der Waals surface area contributed by atoms with Crippen molar-refractivity contribution in [1.82, 2.24) is 9.34 Å². The minimum absolute atomic E-state index is 0.226.